The van der Waals surface area contributed by atoms with Crippen molar-refractivity contribution in [3.05, 3.63) is 84.7 Å². The summed E-state index contributed by atoms with van der Waals surface area (Å²) in [5, 5.41) is 0. The molecule has 29 heavy (non-hydrogen) atoms. The fourth-order valence-electron chi connectivity index (χ4n) is 3.77. The van der Waals surface area contributed by atoms with Gasteiger partial charge in [0.15, 0.2) is 11.5 Å². The van der Waals surface area contributed by atoms with Gasteiger partial charge in [0.1, 0.15) is 0 Å². The van der Waals surface area contributed by atoms with E-state index in [9.17, 15) is 4.79 Å². The Balaban J connectivity index is 1.90. The molecule has 0 radical (unpaired) electrons. The maximum atomic E-state index is 13.3. The molecule has 0 fully saturated rings. The zero-order chi connectivity index (χ0) is 20.5. The van der Waals surface area contributed by atoms with Crippen LogP contribution in [0.4, 0.5) is 5.69 Å². The molecule has 1 N–H and O–H groups in total. The van der Waals surface area contributed by atoms with Gasteiger partial charge in [-0.2, -0.15) is 0 Å². The number of hydrogen-bond donors (Lipinski definition) is 1. The van der Waals surface area contributed by atoms with Gasteiger partial charge in [-0.15, -0.1) is 0 Å². The molecule has 6 heteroatoms. The molecule has 4 rings (SSSR count). The van der Waals surface area contributed by atoms with Crippen LogP contribution in [0.25, 0.3) is 11.0 Å². The predicted molar refractivity (Wildman–Crippen MR) is 113 cm³/mol. The number of aromatic amines is 1. The van der Waals surface area contributed by atoms with Gasteiger partial charge in [0.25, 0.3) is 5.91 Å². The second kappa shape index (κ2) is 7.31. The lowest BCUT2D eigenvalue weighted by atomic mass is 9.96. The molecule has 1 atom stereocenters. The third-order valence-electron chi connectivity index (χ3n) is 5.14. The van der Waals surface area contributed by atoms with Crippen LogP contribution < -0.4 is 14.4 Å². The normalized spacial score (nSPS) is 16.4. The van der Waals surface area contributed by atoms with Crippen molar-refractivity contribution in [3.8, 4) is 11.5 Å². The third kappa shape index (κ3) is 2.89. The summed E-state index contributed by atoms with van der Waals surface area (Å²) < 4.78 is 10.8. The number of nitrogens with zero attached hydrogens (tertiary/aromatic N) is 2. The van der Waals surface area contributed by atoms with Gasteiger partial charge < -0.3 is 14.5 Å². The number of H-pyrrole nitrogens is 1. The SMILES string of the molecule is C=CC1=C(C=C)[C@@H](c2ccc(OC)c(OC)c2)N(c2ccc3nc[nH]c3c2)C1=O. The molecule has 0 unspecified atom stereocenters. The predicted octanol–water partition coefficient (Wildman–Crippen LogP) is 4.34. The van der Waals surface area contributed by atoms with E-state index in [0.717, 1.165) is 27.9 Å². The van der Waals surface area contributed by atoms with Crippen LogP contribution in [0.3, 0.4) is 0 Å². The number of imidazole rings is 1. The Morgan fingerprint density at radius 2 is 1.86 bits per heavy atom. The number of carbonyl (C=O) groups is 1. The number of hydrogen-bond acceptors (Lipinski definition) is 4. The summed E-state index contributed by atoms with van der Waals surface area (Å²) in [6.07, 6.45) is 4.93. The summed E-state index contributed by atoms with van der Waals surface area (Å²) >= 11 is 0. The minimum Gasteiger partial charge on any atom is -0.493 e. The molecule has 1 aliphatic heterocycles. The van der Waals surface area contributed by atoms with Gasteiger partial charge in [-0.1, -0.05) is 31.4 Å². The van der Waals surface area contributed by atoms with Gasteiger partial charge in [0.2, 0.25) is 0 Å². The minimum atomic E-state index is -0.367. The largest absolute Gasteiger partial charge is 0.493 e. The van der Waals surface area contributed by atoms with E-state index >= 15 is 0 Å². The van der Waals surface area contributed by atoms with E-state index in [0.29, 0.717) is 17.1 Å². The Bertz CT molecular complexity index is 1160. The molecule has 1 aliphatic rings. The molecule has 0 saturated heterocycles. The monoisotopic (exact) mass is 387 g/mol. The second-order valence-corrected chi connectivity index (χ2v) is 6.57. The number of benzene rings is 2. The van der Waals surface area contributed by atoms with Crippen LogP contribution in [0.15, 0.2) is 79.2 Å². The maximum absolute atomic E-state index is 13.3. The average molecular weight is 387 g/mol. The first-order chi connectivity index (χ1) is 14.1. The Morgan fingerprint density at radius 1 is 1.07 bits per heavy atom. The first-order valence-electron chi connectivity index (χ1n) is 9.10. The Kier molecular flexibility index (Phi) is 4.68. The standard InChI is InChI=1S/C23H21N3O3/c1-5-16-17(6-2)23(27)26(15-8-9-18-19(12-15)25-13-24-18)22(16)14-7-10-20(28-3)21(11-14)29-4/h5-13,22H,1-2H2,3-4H3,(H,24,25)/t22-/m1/s1. The van der Waals surface area contributed by atoms with Crippen molar-refractivity contribution in [1.29, 1.82) is 0 Å². The van der Waals surface area contributed by atoms with Crippen LogP contribution in [0.2, 0.25) is 0 Å². The van der Waals surface area contributed by atoms with Crippen LogP contribution in [0, 0.1) is 0 Å². The highest BCUT2D eigenvalue weighted by Gasteiger charge is 2.39. The molecule has 0 bridgehead atoms. The molecule has 0 saturated carbocycles. The molecule has 1 amide bonds. The zero-order valence-electron chi connectivity index (χ0n) is 16.3. The number of rotatable bonds is 6. The molecule has 1 aromatic heterocycles. The van der Waals surface area contributed by atoms with E-state index in [1.807, 2.05) is 36.4 Å². The van der Waals surface area contributed by atoms with E-state index in [-0.39, 0.29) is 11.9 Å². The number of methoxy groups -OCH3 is 2. The van der Waals surface area contributed by atoms with Crippen LogP contribution in [-0.4, -0.2) is 30.1 Å². The van der Waals surface area contributed by atoms with Crippen LogP contribution in [0.5, 0.6) is 11.5 Å². The van der Waals surface area contributed by atoms with E-state index in [2.05, 4.69) is 23.1 Å². The summed E-state index contributed by atoms with van der Waals surface area (Å²) in [5.74, 6) is 1.09. The fourth-order valence-corrected chi connectivity index (χ4v) is 3.77. The molecular formula is C23H21N3O3. The first kappa shape index (κ1) is 18.6. The van der Waals surface area contributed by atoms with E-state index < -0.39 is 0 Å². The highest BCUT2D eigenvalue weighted by Crippen LogP contribution is 2.44. The Hall–Kier alpha value is -3.80. The lowest BCUT2D eigenvalue weighted by Gasteiger charge is -2.27. The molecule has 2 heterocycles. The lowest BCUT2D eigenvalue weighted by molar-refractivity contribution is -0.114. The van der Waals surface area contributed by atoms with Gasteiger partial charge in [-0.3, -0.25) is 9.69 Å². The molecule has 0 spiro atoms. The maximum Gasteiger partial charge on any atom is 0.259 e. The van der Waals surface area contributed by atoms with Gasteiger partial charge in [0, 0.05) is 11.3 Å². The van der Waals surface area contributed by atoms with Crippen molar-refractivity contribution in [2.75, 3.05) is 19.1 Å². The van der Waals surface area contributed by atoms with Gasteiger partial charge in [-0.05, 0) is 41.5 Å². The van der Waals surface area contributed by atoms with Crippen molar-refractivity contribution in [2.45, 2.75) is 6.04 Å². The average Bonchev–Trinajstić information content (AvgIpc) is 3.33. The molecule has 6 nitrogen and oxygen atoms in total. The van der Waals surface area contributed by atoms with Crippen LogP contribution >= 0.6 is 0 Å². The van der Waals surface area contributed by atoms with Gasteiger partial charge in [-0.25, -0.2) is 4.98 Å². The summed E-state index contributed by atoms with van der Waals surface area (Å²) in [4.78, 5) is 22.4. The number of anilines is 1. The summed E-state index contributed by atoms with van der Waals surface area (Å²) in [7, 11) is 3.18. The van der Waals surface area contributed by atoms with E-state index in [1.54, 1.807) is 37.6 Å². The van der Waals surface area contributed by atoms with Crippen molar-refractivity contribution >= 4 is 22.6 Å². The van der Waals surface area contributed by atoms with Crippen LogP contribution in [0.1, 0.15) is 11.6 Å². The Morgan fingerprint density at radius 3 is 2.55 bits per heavy atom. The highest BCUT2D eigenvalue weighted by molar-refractivity contribution is 6.13. The Labute approximate surface area is 168 Å². The third-order valence-corrected chi connectivity index (χ3v) is 5.14. The minimum absolute atomic E-state index is 0.131. The van der Waals surface area contributed by atoms with Crippen molar-refractivity contribution < 1.29 is 14.3 Å². The highest BCUT2D eigenvalue weighted by atomic mass is 16.5. The second-order valence-electron chi connectivity index (χ2n) is 6.57. The lowest BCUT2D eigenvalue weighted by Crippen LogP contribution is -2.30. The number of aromatic nitrogens is 2. The van der Waals surface area contributed by atoms with E-state index in [1.165, 1.54) is 0 Å². The topological polar surface area (TPSA) is 67.5 Å². The molecule has 0 aliphatic carbocycles. The number of ether oxygens (including phenoxy) is 2. The quantitative estimate of drug-likeness (QED) is 0.683. The molecular weight excluding hydrogens is 366 g/mol. The zero-order valence-corrected chi connectivity index (χ0v) is 16.3. The fraction of sp³-hybridized carbons (Fsp3) is 0.130. The number of fused-ring (bicyclic) bond motifs is 1. The number of nitrogens with one attached hydrogen (secondary N) is 1. The van der Waals surface area contributed by atoms with Crippen LogP contribution in [-0.2, 0) is 4.79 Å². The van der Waals surface area contributed by atoms with Crippen molar-refractivity contribution in [1.82, 2.24) is 9.97 Å². The molecule has 2 aromatic carbocycles. The number of carbonyl (C=O) groups excluding carboxylic acids is 1. The molecule has 146 valence electrons. The van der Waals surface area contributed by atoms with Gasteiger partial charge in [0.05, 0.1) is 37.6 Å². The summed E-state index contributed by atoms with van der Waals surface area (Å²) in [5.41, 5.74) is 4.65. The smallest absolute Gasteiger partial charge is 0.259 e. The van der Waals surface area contributed by atoms with Crippen molar-refractivity contribution in [3.63, 3.8) is 0 Å². The summed E-state index contributed by atoms with van der Waals surface area (Å²) in [6.45, 7) is 7.78. The summed E-state index contributed by atoms with van der Waals surface area (Å²) in [6, 6.07) is 11.0. The van der Waals surface area contributed by atoms with E-state index in [4.69, 9.17) is 9.47 Å². The van der Waals surface area contributed by atoms with Gasteiger partial charge >= 0.3 is 0 Å². The van der Waals surface area contributed by atoms with Crippen molar-refractivity contribution in [2.24, 2.45) is 0 Å². The molecule has 3 aromatic rings. The number of amides is 1. The first-order valence-corrected chi connectivity index (χ1v) is 9.10.